The first-order valence-electron chi connectivity index (χ1n) is 6.77. The van der Waals surface area contributed by atoms with Crippen molar-refractivity contribution in [2.24, 2.45) is 11.7 Å². The number of aliphatic hydroxyl groups is 1. The highest BCUT2D eigenvalue weighted by molar-refractivity contribution is 5.37. The van der Waals surface area contributed by atoms with Gasteiger partial charge in [0.2, 0.25) is 0 Å². The highest BCUT2D eigenvalue weighted by atomic mass is 19.1. The van der Waals surface area contributed by atoms with Crippen LogP contribution in [0, 0.1) is 21.8 Å². The maximum absolute atomic E-state index is 13.4. The number of nitrogens with zero attached hydrogens (tertiary/aromatic N) is 1. The molecule has 116 valence electrons. The van der Waals surface area contributed by atoms with Gasteiger partial charge in [-0.3, -0.25) is 10.1 Å². The van der Waals surface area contributed by atoms with Crippen LogP contribution in [0.5, 0.6) is 0 Å². The van der Waals surface area contributed by atoms with Crippen LogP contribution < -0.4 is 5.73 Å². The Bertz CT molecular complexity index is 400. The van der Waals surface area contributed by atoms with Crippen molar-refractivity contribution in [2.45, 2.75) is 40.7 Å². The predicted molar refractivity (Wildman–Crippen MR) is 78.9 cm³/mol. The fraction of sp³-hybridized carbons (Fsp3) is 0.571. The van der Waals surface area contributed by atoms with E-state index in [0.29, 0.717) is 0 Å². The number of nitro benzene ring substituents is 1. The van der Waals surface area contributed by atoms with Gasteiger partial charge in [-0.05, 0) is 12.0 Å². The normalized spacial score (nSPS) is 12.2. The molecule has 1 aromatic rings. The lowest BCUT2D eigenvalue weighted by Crippen LogP contribution is -2.23. The number of benzene rings is 1. The first-order valence-corrected chi connectivity index (χ1v) is 6.77. The largest absolute Gasteiger partial charge is 0.396 e. The third-order valence-electron chi connectivity index (χ3n) is 2.45. The van der Waals surface area contributed by atoms with Crippen LogP contribution in [0.25, 0.3) is 0 Å². The van der Waals surface area contributed by atoms with E-state index < -0.39 is 16.8 Å². The minimum Gasteiger partial charge on any atom is -0.396 e. The van der Waals surface area contributed by atoms with Gasteiger partial charge in [-0.15, -0.1) is 0 Å². The molecule has 5 nitrogen and oxygen atoms in total. The Morgan fingerprint density at radius 2 is 1.85 bits per heavy atom. The highest BCUT2D eigenvalue weighted by Gasteiger charge is 2.20. The Hall–Kier alpha value is -1.53. The zero-order chi connectivity index (χ0) is 16.3. The second kappa shape index (κ2) is 11.3. The summed E-state index contributed by atoms with van der Waals surface area (Å²) >= 11 is 0. The topological polar surface area (TPSA) is 89.4 Å². The molecule has 0 radical (unpaired) electrons. The molecule has 0 spiro atoms. The third kappa shape index (κ3) is 6.08. The maximum Gasteiger partial charge on any atom is 0.269 e. The molecule has 0 aliphatic rings. The van der Waals surface area contributed by atoms with Gasteiger partial charge in [0.05, 0.1) is 4.92 Å². The number of aliphatic hydroxyl groups excluding tert-OH is 1. The summed E-state index contributed by atoms with van der Waals surface area (Å²) in [7, 11) is 0. The van der Waals surface area contributed by atoms with E-state index in [9.17, 15) is 14.5 Å². The van der Waals surface area contributed by atoms with Crippen molar-refractivity contribution in [3.8, 4) is 0 Å². The average Bonchev–Trinajstić information content (AvgIpc) is 2.50. The summed E-state index contributed by atoms with van der Waals surface area (Å²) in [6.07, 6.45) is 0. The molecule has 0 amide bonds. The minimum absolute atomic E-state index is 0.0516. The molecule has 1 rings (SSSR count). The zero-order valence-electron chi connectivity index (χ0n) is 12.8. The summed E-state index contributed by atoms with van der Waals surface area (Å²) in [6.45, 7) is 9.44. The van der Waals surface area contributed by atoms with Crippen LogP contribution in [0.1, 0.15) is 46.2 Å². The second-order valence-electron chi connectivity index (χ2n) is 3.65. The molecule has 20 heavy (non-hydrogen) atoms. The molecule has 0 saturated carbocycles. The Labute approximate surface area is 119 Å². The lowest BCUT2D eigenvalue weighted by Gasteiger charge is -2.18. The van der Waals surface area contributed by atoms with E-state index in [1.165, 1.54) is 0 Å². The molecule has 6 heteroatoms. The van der Waals surface area contributed by atoms with Crippen LogP contribution in [0.4, 0.5) is 10.1 Å². The molecule has 0 aliphatic heterocycles. The highest BCUT2D eigenvalue weighted by Crippen LogP contribution is 2.25. The fourth-order valence-corrected chi connectivity index (χ4v) is 1.32. The molecule has 0 saturated heterocycles. The van der Waals surface area contributed by atoms with Crippen LogP contribution in [0.3, 0.4) is 0 Å². The van der Waals surface area contributed by atoms with Crippen molar-refractivity contribution < 1.29 is 14.4 Å². The summed E-state index contributed by atoms with van der Waals surface area (Å²) < 4.78 is 13.4. The summed E-state index contributed by atoms with van der Waals surface area (Å²) in [4.78, 5) is 9.91. The third-order valence-corrected chi connectivity index (χ3v) is 2.45. The van der Waals surface area contributed by atoms with Gasteiger partial charge < -0.3 is 10.8 Å². The SMILES string of the molecule is CC.CC.CC(CO)C(N)c1cc([N+](=O)[O-])ccc1F. The van der Waals surface area contributed by atoms with E-state index in [4.69, 9.17) is 10.8 Å². The molecule has 0 heterocycles. The van der Waals surface area contributed by atoms with Crippen molar-refractivity contribution in [3.05, 3.63) is 39.7 Å². The van der Waals surface area contributed by atoms with Crippen LogP contribution in [-0.2, 0) is 0 Å². The van der Waals surface area contributed by atoms with Crippen molar-refractivity contribution in [2.75, 3.05) is 6.61 Å². The van der Waals surface area contributed by atoms with Crippen molar-refractivity contribution >= 4 is 5.69 Å². The van der Waals surface area contributed by atoms with Crippen LogP contribution in [-0.4, -0.2) is 16.6 Å². The van der Waals surface area contributed by atoms with E-state index in [2.05, 4.69) is 0 Å². The Morgan fingerprint density at radius 3 is 2.25 bits per heavy atom. The van der Waals surface area contributed by atoms with E-state index >= 15 is 0 Å². The Balaban J connectivity index is 0. The standard InChI is InChI=1S/C10H13FN2O3.2C2H6/c1-6(5-14)10(12)8-4-7(13(15)16)2-3-9(8)11;2*1-2/h2-4,6,10,14H,5,12H2,1H3;2*1-2H3. The summed E-state index contributed by atoms with van der Waals surface area (Å²) in [5.74, 6) is -0.963. The van der Waals surface area contributed by atoms with Crippen molar-refractivity contribution in [3.63, 3.8) is 0 Å². The van der Waals surface area contributed by atoms with Gasteiger partial charge in [-0.25, -0.2) is 4.39 Å². The lowest BCUT2D eigenvalue weighted by molar-refractivity contribution is -0.385. The second-order valence-corrected chi connectivity index (χ2v) is 3.65. The number of rotatable bonds is 4. The first-order chi connectivity index (χ1) is 9.47. The fourth-order valence-electron chi connectivity index (χ4n) is 1.32. The van der Waals surface area contributed by atoms with E-state index in [0.717, 1.165) is 18.2 Å². The molecular weight excluding hydrogens is 263 g/mol. The van der Waals surface area contributed by atoms with Crippen LogP contribution in [0.15, 0.2) is 18.2 Å². The van der Waals surface area contributed by atoms with Gasteiger partial charge in [-0.1, -0.05) is 34.6 Å². The van der Waals surface area contributed by atoms with Gasteiger partial charge in [0.15, 0.2) is 0 Å². The van der Waals surface area contributed by atoms with Gasteiger partial charge in [0, 0.05) is 30.3 Å². The van der Waals surface area contributed by atoms with Gasteiger partial charge >= 0.3 is 0 Å². The summed E-state index contributed by atoms with van der Waals surface area (Å²) in [5.41, 5.74) is 5.54. The number of halogens is 1. The molecular formula is C14H25FN2O3. The monoisotopic (exact) mass is 288 g/mol. The Kier molecular flexibility index (Phi) is 11.8. The van der Waals surface area contributed by atoms with Gasteiger partial charge in [0.1, 0.15) is 5.82 Å². The van der Waals surface area contributed by atoms with Crippen LogP contribution in [0.2, 0.25) is 0 Å². The molecule has 0 fully saturated rings. The lowest BCUT2D eigenvalue weighted by atomic mass is 9.95. The summed E-state index contributed by atoms with van der Waals surface area (Å²) in [5, 5.41) is 19.4. The van der Waals surface area contributed by atoms with Crippen molar-refractivity contribution in [1.82, 2.24) is 0 Å². The molecule has 3 N–H and O–H groups in total. The number of hydrogen-bond donors (Lipinski definition) is 2. The minimum atomic E-state index is -0.759. The molecule has 2 atom stereocenters. The van der Waals surface area contributed by atoms with E-state index in [1.54, 1.807) is 6.92 Å². The molecule has 2 unspecified atom stereocenters. The first kappa shape index (κ1) is 20.8. The number of nitro groups is 1. The maximum atomic E-state index is 13.4. The predicted octanol–water partition coefficient (Wildman–Crippen LogP) is 3.41. The number of hydrogen-bond acceptors (Lipinski definition) is 4. The smallest absolute Gasteiger partial charge is 0.269 e. The van der Waals surface area contributed by atoms with Crippen molar-refractivity contribution in [1.29, 1.82) is 0 Å². The van der Waals surface area contributed by atoms with Crippen LogP contribution >= 0.6 is 0 Å². The number of non-ortho nitro benzene ring substituents is 1. The quantitative estimate of drug-likeness (QED) is 0.656. The Morgan fingerprint density at radius 1 is 1.35 bits per heavy atom. The van der Waals surface area contributed by atoms with E-state index in [1.807, 2.05) is 27.7 Å². The molecule has 0 bridgehead atoms. The number of nitrogens with two attached hydrogens (primary N) is 1. The van der Waals surface area contributed by atoms with E-state index in [-0.39, 0.29) is 23.8 Å². The molecule has 0 aromatic heterocycles. The van der Waals surface area contributed by atoms with Gasteiger partial charge in [0.25, 0.3) is 5.69 Å². The van der Waals surface area contributed by atoms with Gasteiger partial charge in [-0.2, -0.15) is 0 Å². The summed E-state index contributed by atoms with van der Waals surface area (Å²) in [6, 6.07) is 2.43. The zero-order valence-corrected chi connectivity index (χ0v) is 12.8. The average molecular weight is 288 g/mol. The molecule has 1 aromatic carbocycles. The molecule has 0 aliphatic carbocycles.